The van der Waals surface area contributed by atoms with Gasteiger partial charge >= 0.3 is 0 Å². The summed E-state index contributed by atoms with van der Waals surface area (Å²) in [5.74, 6) is -1.52. The number of nitrogens with two attached hydrogens (primary N) is 1. The van der Waals surface area contributed by atoms with Gasteiger partial charge in [0.15, 0.2) is 0 Å². The number of primary amides is 1. The number of amides is 1. The standard InChI is InChI=1S/C17H12F2N2O3S/c18-10-5-13(19)16-12(15(7-21-23)25-14(16)6-10)8-24-11-3-1-9(2-4-11)17(20)22/h1-6H,7-8H2,(H2,20,22). The van der Waals surface area contributed by atoms with E-state index in [4.69, 9.17) is 10.5 Å². The summed E-state index contributed by atoms with van der Waals surface area (Å²) >= 11 is 1.10. The molecule has 5 nitrogen and oxygen atoms in total. The molecule has 2 aromatic carbocycles. The number of ether oxygens (including phenoxy) is 1. The summed E-state index contributed by atoms with van der Waals surface area (Å²) < 4.78 is 33.6. The Balaban J connectivity index is 1.92. The zero-order valence-electron chi connectivity index (χ0n) is 12.8. The molecule has 3 aromatic rings. The van der Waals surface area contributed by atoms with Crippen molar-refractivity contribution < 1.29 is 18.3 Å². The quantitative estimate of drug-likeness (QED) is 0.670. The molecule has 3 rings (SSSR count). The molecule has 25 heavy (non-hydrogen) atoms. The molecule has 0 spiro atoms. The van der Waals surface area contributed by atoms with Crippen molar-refractivity contribution >= 4 is 27.3 Å². The van der Waals surface area contributed by atoms with Crippen LogP contribution in [0, 0.1) is 16.5 Å². The topological polar surface area (TPSA) is 81.8 Å². The highest BCUT2D eigenvalue weighted by atomic mass is 32.1. The fourth-order valence-electron chi connectivity index (χ4n) is 2.47. The van der Waals surface area contributed by atoms with Crippen LogP contribution in [0.25, 0.3) is 10.1 Å². The molecular formula is C17H12F2N2O3S. The van der Waals surface area contributed by atoms with Gasteiger partial charge in [-0.05, 0) is 30.3 Å². The van der Waals surface area contributed by atoms with Gasteiger partial charge in [0.25, 0.3) is 0 Å². The largest absolute Gasteiger partial charge is 0.489 e. The van der Waals surface area contributed by atoms with Crippen LogP contribution in [0.3, 0.4) is 0 Å². The van der Waals surface area contributed by atoms with Gasteiger partial charge in [-0.3, -0.25) is 4.79 Å². The number of nitroso groups, excluding NO2 is 1. The van der Waals surface area contributed by atoms with Crippen LogP contribution >= 0.6 is 11.3 Å². The van der Waals surface area contributed by atoms with E-state index in [2.05, 4.69) is 5.18 Å². The van der Waals surface area contributed by atoms with Crippen molar-refractivity contribution in [3.8, 4) is 5.75 Å². The Morgan fingerprint density at radius 2 is 1.92 bits per heavy atom. The number of carbonyl (C=O) groups excluding carboxylic acids is 1. The Morgan fingerprint density at radius 1 is 1.20 bits per heavy atom. The zero-order chi connectivity index (χ0) is 18.0. The van der Waals surface area contributed by atoms with Gasteiger partial charge in [-0.25, -0.2) is 8.78 Å². The second-order valence-corrected chi connectivity index (χ2v) is 6.37. The first-order chi connectivity index (χ1) is 12.0. The van der Waals surface area contributed by atoms with Crippen molar-refractivity contribution in [1.29, 1.82) is 0 Å². The van der Waals surface area contributed by atoms with Gasteiger partial charge in [0, 0.05) is 32.2 Å². The van der Waals surface area contributed by atoms with Gasteiger partial charge in [-0.1, -0.05) is 5.18 Å². The second-order valence-electron chi connectivity index (χ2n) is 5.23. The van der Waals surface area contributed by atoms with Gasteiger partial charge in [-0.2, -0.15) is 4.91 Å². The number of fused-ring (bicyclic) bond motifs is 1. The van der Waals surface area contributed by atoms with Crippen LogP contribution in [0.5, 0.6) is 5.75 Å². The van der Waals surface area contributed by atoms with Crippen molar-refractivity contribution in [1.82, 2.24) is 0 Å². The number of nitrogens with zero attached hydrogens (tertiary/aromatic N) is 1. The van der Waals surface area contributed by atoms with E-state index < -0.39 is 17.5 Å². The van der Waals surface area contributed by atoms with Gasteiger partial charge in [-0.15, -0.1) is 11.3 Å². The van der Waals surface area contributed by atoms with Crippen LogP contribution in [0.4, 0.5) is 8.78 Å². The first-order valence-corrected chi connectivity index (χ1v) is 8.02. The lowest BCUT2D eigenvalue weighted by Crippen LogP contribution is -2.10. The average molecular weight is 362 g/mol. The van der Waals surface area contributed by atoms with Crippen molar-refractivity contribution in [3.63, 3.8) is 0 Å². The van der Waals surface area contributed by atoms with E-state index in [9.17, 15) is 18.5 Å². The zero-order valence-corrected chi connectivity index (χ0v) is 13.6. The Bertz CT molecular complexity index is 955. The lowest BCUT2D eigenvalue weighted by atomic mass is 10.1. The van der Waals surface area contributed by atoms with E-state index in [1.54, 1.807) is 12.1 Å². The maximum absolute atomic E-state index is 14.2. The summed E-state index contributed by atoms with van der Waals surface area (Å²) in [6.07, 6.45) is 0. The Kier molecular flexibility index (Phi) is 4.71. The van der Waals surface area contributed by atoms with Gasteiger partial charge in [0.05, 0.1) is 0 Å². The molecule has 0 aliphatic carbocycles. The highest BCUT2D eigenvalue weighted by Crippen LogP contribution is 2.35. The maximum Gasteiger partial charge on any atom is 0.248 e. The van der Waals surface area contributed by atoms with Crippen LogP contribution in [0.2, 0.25) is 0 Å². The number of hydrogen-bond acceptors (Lipinski definition) is 5. The summed E-state index contributed by atoms with van der Waals surface area (Å²) in [7, 11) is 0. The molecule has 0 atom stereocenters. The molecule has 0 aliphatic heterocycles. The number of carbonyl (C=O) groups is 1. The van der Waals surface area contributed by atoms with E-state index >= 15 is 0 Å². The van der Waals surface area contributed by atoms with E-state index in [-0.39, 0.29) is 18.5 Å². The molecule has 0 saturated heterocycles. The third kappa shape index (κ3) is 3.48. The molecule has 0 aliphatic rings. The van der Waals surface area contributed by atoms with Gasteiger partial charge in [0.1, 0.15) is 30.5 Å². The summed E-state index contributed by atoms with van der Waals surface area (Å²) in [6, 6.07) is 8.13. The third-order valence-electron chi connectivity index (χ3n) is 3.62. The van der Waals surface area contributed by atoms with E-state index in [1.807, 2.05) is 0 Å². The second kappa shape index (κ2) is 6.94. The third-order valence-corrected chi connectivity index (χ3v) is 4.78. The molecule has 128 valence electrons. The highest BCUT2D eigenvalue weighted by molar-refractivity contribution is 7.19. The molecule has 1 aromatic heterocycles. The molecule has 2 N–H and O–H groups in total. The number of hydrogen-bond donors (Lipinski definition) is 1. The van der Waals surface area contributed by atoms with Crippen LogP contribution < -0.4 is 10.5 Å². The summed E-state index contributed by atoms with van der Waals surface area (Å²) in [5.41, 5.74) is 5.96. The molecule has 0 fully saturated rings. The van der Waals surface area contributed by atoms with Crippen LogP contribution in [-0.2, 0) is 13.2 Å². The highest BCUT2D eigenvalue weighted by Gasteiger charge is 2.18. The number of benzene rings is 2. The molecule has 0 bridgehead atoms. The normalized spacial score (nSPS) is 10.8. The molecular weight excluding hydrogens is 350 g/mol. The number of halogens is 2. The Morgan fingerprint density at radius 3 is 2.56 bits per heavy atom. The molecule has 8 heteroatoms. The monoisotopic (exact) mass is 362 g/mol. The van der Waals surface area contributed by atoms with Crippen molar-refractivity contribution in [2.24, 2.45) is 10.9 Å². The average Bonchev–Trinajstić information content (AvgIpc) is 2.91. The number of thiophene rings is 1. The minimum atomic E-state index is -0.717. The smallest absolute Gasteiger partial charge is 0.248 e. The summed E-state index contributed by atoms with van der Waals surface area (Å²) in [5, 5.41) is 3.06. The minimum absolute atomic E-state index is 0.0245. The van der Waals surface area contributed by atoms with Crippen LogP contribution in [0.15, 0.2) is 41.6 Å². The van der Waals surface area contributed by atoms with E-state index in [1.165, 1.54) is 18.2 Å². The lowest BCUT2D eigenvalue weighted by molar-refractivity contribution is 0.1000. The first kappa shape index (κ1) is 17.0. The fourth-order valence-corrected chi connectivity index (χ4v) is 3.63. The Labute approximate surface area is 145 Å². The summed E-state index contributed by atoms with van der Waals surface area (Å²) in [6.45, 7) is -0.178. The lowest BCUT2D eigenvalue weighted by Gasteiger charge is -2.08. The maximum atomic E-state index is 14.2. The van der Waals surface area contributed by atoms with Crippen LogP contribution in [-0.4, -0.2) is 5.91 Å². The van der Waals surface area contributed by atoms with Gasteiger partial charge < -0.3 is 10.5 Å². The van der Waals surface area contributed by atoms with Crippen molar-refractivity contribution in [3.05, 3.63) is 68.9 Å². The SMILES string of the molecule is NC(=O)c1ccc(OCc2c(CN=O)sc3cc(F)cc(F)c23)cc1. The molecule has 1 amide bonds. The van der Waals surface area contributed by atoms with Crippen molar-refractivity contribution in [2.75, 3.05) is 0 Å². The number of rotatable bonds is 6. The fraction of sp³-hybridized carbons (Fsp3) is 0.118. The molecule has 0 radical (unpaired) electrons. The summed E-state index contributed by atoms with van der Waals surface area (Å²) in [4.78, 5) is 22.2. The van der Waals surface area contributed by atoms with Crippen LogP contribution in [0.1, 0.15) is 20.8 Å². The van der Waals surface area contributed by atoms with Gasteiger partial charge in [0.2, 0.25) is 5.91 Å². The predicted molar refractivity (Wildman–Crippen MR) is 90.5 cm³/mol. The minimum Gasteiger partial charge on any atom is -0.489 e. The molecule has 0 unspecified atom stereocenters. The van der Waals surface area contributed by atoms with Crippen molar-refractivity contribution in [2.45, 2.75) is 13.2 Å². The van der Waals surface area contributed by atoms with E-state index in [0.29, 0.717) is 26.5 Å². The first-order valence-electron chi connectivity index (χ1n) is 7.20. The Hall–Kier alpha value is -2.87. The predicted octanol–water partition coefficient (Wildman–Crippen LogP) is 4.12. The molecule has 1 heterocycles. The van der Waals surface area contributed by atoms with E-state index in [0.717, 1.165) is 17.4 Å². The molecule has 0 saturated carbocycles.